The van der Waals surface area contributed by atoms with Crippen molar-refractivity contribution in [2.75, 3.05) is 18.0 Å². The van der Waals surface area contributed by atoms with Crippen LogP contribution in [0.3, 0.4) is 0 Å². The van der Waals surface area contributed by atoms with E-state index in [1.54, 1.807) is 36.4 Å². The summed E-state index contributed by atoms with van der Waals surface area (Å²) in [6.07, 6.45) is 2.20. The van der Waals surface area contributed by atoms with E-state index in [0.29, 0.717) is 28.4 Å². The normalized spacial score (nSPS) is 13.7. The van der Waals surface area contributed by atoms with Gasteiger partial charge in [-0.3, -0.25) is 10.0 Å². The van der Waals surface area contributed by atoms with Crippen LogP contribution in [0, 0.1) is 17.1 Å². The molecule has 11 heteroatoms. The molecule has 0 aliphatic carbocycles. The molecule has 0 atom stereocenters. The van der Waals surface area contributed by atoms with Crippen molar-refractivity contribution in [3.05, 3.63) is 83.2 Å². The van der Waals surface area contributed by atoms with Crippen molar-refractivity contribution in [3.63, 3.8) is 0 Å². The second kappa shape index (κ2) is 12.2. The first-order chi connectivity index (χ1) is 18.7. The monoisotopic (exact) mass is 531 g/mol. The number of ether oxygens (including phenoxy) is 1. The number of imide groups is 1. The molecule has 1 aromatic heterocycles. The highest BCUT2D eigenvalue weighted by molar-refractivity contribution is 5.99. The lowest BCUT2D eigenvalue weighted by Crippen LogP contribution is -2.40. The number of nitrogens with two attached hydrogens (primary N) is 1. The number of amides is 2. The molecule has 1 fully saturated rings. The average molecular weight is 532 g/mol. The van der Waals surface area contributed by atoms with Crippen LogP contribution in [0.25, 0.3) is 17.3 Å². The predicted molar refractivity (Wildman–Crippen MR) is 140 cm³/mol. The molecule has 0 saturated carbocycles. The Morgan fingerprint density at radius 2 is 1.90 bits per heavy atom. The molecule has 0 spiro atoms. The first kappa shape index (κ1) is 27.3. The quantitative estimate of drug-likeness (QED) is 0.231. The number of benzene rings is 2. The van der Waals surface area contributed by atoms with E-state index in [4.69, 9.17) is 31.0 Å². The van der Waals surface area contributed by atoms with E-state index >= 15 is 0 Å². The summed E-state index contributed by atoms with van der Waals surface area (Å²) < 4.78 is 20.4. The number of carbonyl (C=O) groups is 2. The first-order valence-corrected chi connectivity index (χ1v) is 12.1. The number of carboxylic acid groups (broad SMARTS) is 1. The van der Waals surface area contributed by atoms with Gasteiger partial charge in [-0.1, -0.05) is 30.3 Å². The van der Waals surface area contributed by atoms with Crippen LogP contribution in [0.2, 0.25) is 0 Å². The van der Waals surface area contributed by atoms with Gasteiger partial charge >= 0.3 is 6.09 Å². The summed E-state index contributed by atoms with van der Waals surface area (Å²) in [6, 6.07) is 16.8. The molecule has 200 valence electrons. The van der Waals surface area contributed by atoms with Gasteiger partial charge in [-0.05, 0) is 42.2 Å². The highest BCUT2D eigenvalue weighted by atomic mass is 19.1. The zero-order valence-electron chi connectivity index (χ0n) is 20.8. The number of nitriles is 1. The van der Waals surface area contributed by atoms with E-state index < -0.39 is 22.9 Å². The fourth-order valence-corrected chi connectivity index (χ4v) is 4.00. The van der Waals surface area contributed by atoms with Gasteiger partial charge in [-0.25, -0.2) is 14.2 Å². The van der Waals surface area contributed by atoms with E-state index in [9.17, 15) is 14.0 Å². The Kier molecular flexibility index (Phi) is 8.50. The van der Waals surface area contributed by atoms with Gasteiger partial charge in [0.2, 0.25) is 0 Å². The molecule has 39 heavy (non-hydrogen) atoms. The lowest BCUT2D eigenvalue weighted by molar-refractivity contribution is -0.150. The van der Waals surface area contributed by atoms with Crippen molar-refractivity contribution in [3.8, 4) is 23.1 Å². The molecule has 1 saturated heterocycles. The molecule has 0 unspecified atom stereocenters. The lowest BCUT2D eigenvalue weighted by Gasteiger charge is -2.31. The van der Waals surface area contributed by atoms with Crippen LogP contribution in [0.4, 0.5) is 15.0 Å². The Morgan fingerprint density at radius 3 is 2.54 bits per heavy atom. The molecule has 1 aliphatic heterocycles. The largest absolute Gasteiger partial charge is 0.489 e. The predicted octanol–water partition coefficient (Wildman–Crippen LogP) is 4.17. The van der Waals surface area contributed by atoms with Crippen molar-refractivity contribution in [1.82, 2.24) is 10.0 Å². The number of carbonyl (C=O) groups excluding carboxylic acids is 1. The summed E-state index contributed by atoms with van der Waals surface area (Å²) in [5, 5.41) is 26.4. The van der Waals surface area contributed by atoms with Gasteiger partial charge in [0, 0.05) is 42.9 Å². The number of anilines is 1. The maximum atomic E-state index is 14.3. The number of hydrogen-bond donors (Lipinski definition) is 3. The molecule has 2 heterocycles. The van der Waals surface area contributed by atoms with E-state index in [1.165, 1.54) is 18.2 Å². The van der Waals surface area contributed by atoms with Crippen molar-refractivity contribution in [1.29, 1.82) is 5.26 Å². The zero-order valence-corrected chi connectivity index (χ0v) is 20.8. The number of halogens is 1. The molecule has 2 amide bonds. The van der Waals surface area contributed by atoms with Crippen LogP contribution in [0.15, 0.2) is 60.7 Å². The zero-order chi connectivity index (χ0) is 27.9. The number of pyridine rings is 1. The molecule has 1 aliphatic rings. The standard InChI is InChI=1S/C28H26FN5O5/c29-24-13-20(6-7-21(24)16-30)25-14-23(15-26(32-25)33-11-9-22(31)10-12-33)39-17-19-3-1-18(2-4-19)5-8-27(35)34(38)28(36)37/h1-8,13-15,22,38H,9-12,17,31H2,(H,36,37)/b8-5+. The maximum absolute atomic E-state index is 14.3. The van der Waals surface area contributed by atoms with Crippen molar-refractivity contribution in [2.45, 2.75) is 25.5 Å². The Balaban J connectivity index is 1.52. The molecule has 3 aromatic rings. The molecule has 10 nitrogen and oxygen atoms in total. The molecule has 0 radical (unpaired) electrons. The number of nitrogens with zero attached hydrogens (tertiary/aromatic N) is 4. The van der Waals surface area contributed by atoms with Gasteiger partial charge in [0.15, 0.2) is 0 Å². The van der Waals surface area contributed by atoms with Crippen LogP contribution in [0.1, 0.15) is 29.5 Å². The van der Waals surface area contributed by atoms with Crippen LogP contribution >= 0.6 is 0 Å². The summed E-state index contributed by atoms with van der Waals surface area (Å²) in [4.78, 5) is 29.0. The number of hydrogen-bond acceptors (Lipinski definition) is 8. The average Bonchev–Trinajstić information content (AvgIpc) is 2.95. The third-order valence-electron chi connectivity index (χ3n) is 6.23. The fraction of sp³-hybridized carbons (Fsp3) is 0.214. The van der Waals surface area contributed by atoms with Gasteiger partial charge in [0.25, 0.3) is 5.91 Å². The minimum Gasteiger partial charge on any atom is -0.489 e. The Hall–Kier alpha value is -4.79. The number of aromatic nitrogens is 1. The van der Waals surface area contributed by atoms with Crippen LogP contribution in [-0.4, -0.2) is 51.5 Å². The molecule has 0 bridgehead atoms. The maximum Gasteiger partial charge on any atom is 0.439 e. The second-order valence-corrected chi connectivity index (χ2v) is 8.97. The second-order valence-electron chi connectivity index (χ2n) is 8.97. The number of rotatable bonds is 7. The van der Waals surface area contributed by atoms with Gasteiger partial charge in [0.1, 0.15) is 30.1 Å². The Labute approximate surface area is 223 Å². The van der Waals surface area contributed by atoms with Gasteiger partial charge in [-0.15, -0.1) is 5.06 Å². The third kappa shape index (κ3) is 6.95. The van der Waals surface area contributed by atoms with Crippen LogP contribution in [-0.2, 0) is 11.4 Å². The summed E-state index contributed by atoms with van der Waals surface area (Å²) in [5.41, 5.74) is 8.46. The van der Waals surface area contributed by atoms with E-state index in [-0.39, 0.29) is 18.2 Å². The Morgan fingerprint density at radius 1 is 1.18 bits per heavy atom. The summed E-state index contributed by atoms with van der Waals surface area (Å²) >= 11 is 0. The summed E-state index contributed by atoms with van der Waals surface area (Å²) in [7, 11) is 0. The van der Waals surface area contributed by atoms with Crippen LogP contribution in [0.5, 0.6) is 5.75 Å². The van der Waals surface area contributed by atoms with Crippen LogP contribution < -0.4 is 15.4 Å². The highest BCUT2D eigenvalue weighted by Gasteiger charge is 2.19. The van der Waals surface area contributed by atoms with Crippen molar-refractivity contribution < 1.29 is 29.0 Å². The molecular formula is C28H26FN5O5. The lowest BCUT2D eigenvalue weighted by atomic mass is 10.1. The molecule has 4 rings (SSSR count). The summed E-state index contributed by atoms with van der Waals surface area (Å²) in [6.45, 7) is 1.68. The number of piperidine rings is 1. The fourth-order valence-electron chi connectivity index (χ4n) is 4.00. The third-order valence-corrected chi connectivity index (χ3v) is 6.23. The van der Waals surface area contributed by atoms with Gasteiger partial charge in [-0.2, -0.15) is 5.26 Å². The Bertz CT molecular complexity index is 1430. The van der Waals surface area contributed by atoms with Crippen molar-refractivity contribution in [2.24, 2.45) is 5.73 Å². The van der Waals surface area contributed by atoms with Crippen molar-refractivity contribution >= 4 is 23.9 Å². The minimum absolute atomic E-state index is 0.0466. The van der Waals surface area contributed by atoms with E-state index in [1.807, 2.05) is 12.1 Å². The summed E-state index contributed by atoms with van der Waals surface area (Å²) in [5.74, 6) is -0.499. The number of hydroxylamine groups is 2. The van der Waals surface area contributed by atoms with E-state index in [2.05, 4.69) is 4.90 Å². The van der Waals surface area contributed by atoms with Gasteiger partial charge in [0.05, 0.1) is 11.3 Å². The first-order valence-electron chi connectivity index (χ1n) is 12.1. The van der Waals surface area contributed by atoms with Gasteiger partial charge < -0.3 is 20.5 Å². The SMILES string of the molecule is N#Cc1ccc(-c2cc(OCc3ccc(/C=C/C(=O)N(O)C(=O)O)cc3)cc(N3CCC(N)CC3)n2)cc1F. The topological polar surface area (TPSA) is 153 Å². The molecular weight excluding hydrogens is 505 g/mol. The minimum atomic E-state index is -1.77. The van der Waals surface area contributed by atoms with E-state index in [0.717, 1.165) is 37.6 Å². The smallest absolute Gasteiger partial charge is 0.439 e. The molecule has 4 N–H and O–H groups in total. The highest BCUT2D eigenvalue weighted by Crippen LogP contribution is 2.30. The molecule has 2 aromatic carbocycles.